The first-order chi connectivity index (χ1) is 10.2. The Balaban J connectivity index is 1.74. The number of benzene rings is 1. The van der Waals surface area contributed by atoms with Crippen molar-refractivity contribution in [2.75, 3.05) is 6.54 Å². The van der Waals surface area contributed by atoms with E-state index in [1.807, 2.05) is 0 Å². The maximum Gasteiger partial charge on any atom is 0.347 e. The van der Waals surface area contributed by atoms with Crippen molar-refractivity contribution in [1.29, 1.82) is 0 Å². The molecule has 1 heterocycles. The molecular formula is C15H16FN3O2. The van der Waals surface area contributed by atoms with Crippen LogP contribution in [0.2, 0.25) is 0 Å². The SMILES string of the molecule is O=C(CCc1ccccc1F)NCCn1cccnc1=O. The number of halogens is 1. The van der Waals surface area contributed by atoms with Crippen molar-refractivity contribution in [2.45, 2.75) is 19.4 Å². The fraction of sp³-hybridized carbons (Fsp3) is 0.267. The second-order valence-electron chi connectivity index (χ2n) is 4.54. The molecule has 1 aromatic heterocycles. The molecule has 6 heteroatoms. The predicted octanol–water partition coefficient (Wildman–Crippen LogP) is 1.13. The largest absolute Gasteiger partial charge is 0.354 e. The van der Waals surface area contributed by atoms with Crippen LogP contribution in [0.15, 0.2) is 47.5 Å². The van der Waals surface area contributed by atoms with Gasteiger partial charge >= 0.3 is 5.69 Å². The third-order valence-corrected chi connectivity index (χ3v) is 3.04. The zero-order chi connectivity index (χ0) is 15.1. The van der Waals surface area contributed by atoms with Crippen molar-refractivity contribution in [3.8, 4) is 0 Å². The number of rotatable bonds is 6. The molecule has 21 heavy (non-hydrogen) atoms. The number of aryl methyl sites for hydroxylation is 1. The zero-order valence-corrected chi connectivity index (χ0v) is 11.5. The lowest BCUT2D eigenvalue weighted by Crippen LogP contribution is -2.31. The maximum atomic E-state index is 13.4. The zero-order valence-electron chi connectivity index (χ0n) is 11.5. The number of carbonyl (C=O) groups is 1. The third kappa shape index (κ3) is 4.52. The summed E-state index contributed by atoms with van der Waals surface area (Å²) < 4.78 is 14.8. The number of carbonyl (C=O) groups excluding carboxylic acids is 1. The molecule has 0 fully saturated rings. The molecule has 0 atom stereocenters. The molecule has 1 amide bonds. The summed E-state index contributed by atoms with van der Waals surface area (Å²) in [6.07, 6.45) is 3.60. The van der Waals surface area contributed by atoms with Gasteiger partial charge in [0, 0.05) is 31.9 Å². The van der Waals surface area contributed by atoms with Gasteiger partial charge in [-0.25, -0.2) is 14.2 Å². The van der Waals surface area contributed by atoms with Crippen LogP contribution in [-0.2, 0) is 17.8 Å². The normalized spacial score (nSPS) is 10.3. The molecule has 0 radical (unpaired) electrons. The Hall–Kier alpha value is -2.50. The van der Waals surface area contributed by atoms with Crippen LogP contribution < -0.4 is 11.0 Å². The summed E-state index contributed by atoms with van der Waals surface area (Å²) in [5.74, 6) is -0.470. The molecule has 0 aliphatic carbocycles. The van der Waals surface area contributed by atoms with Gasteiger partial charge in [-0.05, 0) is 24.1 Å². The first-order valence-corrected chi connectivity index (χ1v) is 6.68. The highest BCUT2D eigenvalue weighted by Crippen LogP contribution is 2.08. The fourth-order valence-corrected chi connectivity index (χ4v) is 1.91. The molecule has 1 N–H and O–H groups in total. The predicted molar refractivity (Wildman–Crippen MR) is 76.2 cm³/mol. The monoisotopic (exact) mass is 289 g/mol. The van der Waals surface area contributed by atoms with Gasteiger partial charge in [0.25, 0.3) is 0 Å². The number of nitrogens with zero attached hydrogens (tertiary/aromatic N) is 2. The van der Waals surface area contributed by atoms with Gasteiger partial charge in [0.1, 0.15) is 5.82 Å². The summed E-state index contributed by atoms with van der Waals surface area (Å²) in [6.45, 7) is 0.694. The van der Waals surface area contributed by atoms with Crippen molar-refractivity contribution in [2.24, 2.45) is 0 Å². The van der Waals surface area contributed by atoms with Gasteiger partial charge in [0.15, 0.2) is 0 Å². The van der Waals surface area contributed by atoms with Crippen molar-refractivity contribution < 1.29 is 9.18 Å². The molecule has 2 aromatic rings. The summed E-state index contributed by atoms with van der Waals surface area (Å²) in [4.78, 5) is 26.6. The molecule has 0 unspecified atom stereocenters. The van der Waals surface area contributed by atoms with Crippen LogP contribution in [0.5, 0.6) is 0 Å². The molecule has 0 bridgehead atoms. The lowest BCUT2D eigenvalue weighted by Gasteiger charge is -2.07. The van der Waals surface area contributed by atoms with Gasteiger partial charge in [-0.1, -0.05) is 18.2 Å². The van der Waals surface area contributed by atoms with E-state index in [1.165, 1.54) is 16.8 Å². The molecule has 0 spiro atoms. The summed E-state index contributed by atoms with van der Waals surface area (Å²) in [5, 5.41) is 2.70. The van der Waals surface area contributed by atoms with E-state index in [2.05, 4.69) is 10.3 Å². The van der Waals surface area contributed by atoms with Gasteiger partial charge in [0.2, 0.25) is 5.91 Å². The smallest absolute Gasteiger partial charge is 0.347 e. The molecular weight excluding hydrogens is 273 g/mol. The molecule has 0 aliphatic rings. The third-order valence-electron chi connectivity index (χ3n) is 3.04. The number of nitrogens with one attached hydrogen (secondary N) is 1. The van der Waals surface area contributed by atoms with E-state index in [-0.39, 0.29) is 23.8 Å². The summed E-state index contributed by atoms with van der Waals surface area (Å²) >= 11 is 0. The van der Waals surface area contributed by atoms with E-state index < -0.39 is 0 Å². The Morgan fingerprint density at radius 3 is 2.86 bits per heavy atom. The topological polar surface area (TPSA) is 64.0 Å². The first kappa shape index (κ1) is 14.9. The minimum atomic E-state index is -0.349. The maximum absolute atomic E-state index is 13.4. The number of hydrogen-bond donors (Lipinski definition) is 1. The second-order valence-corrected chi connectivity index (χ2v) is 4.54. The molecule has 0 saturated carbocycles. The van der Waals surface area contributed by atoms with Crippen LogP contribution in [0.4, 0.5) is 4.39 Å². The second kappa shape index (κ2) is 7.33. The average molecular weight is 289 g/mol. The summed E-state index contributed by atoms with van der Waals surface area (Å²) in [5.41, 5.74) is 0.175. The Morgan fingerprint density at radius 2 is 2.10 bits per heavy atom. The van der Waals surface area contributed by atoms with Gasteiger partial charge in [-0.3, -0.25) is 9.36 Å². The minimum absolute atomic E-state index is 0.171. The van der Waals surface area contributed by atoms with Crippen LogP contribution in [0.1, 0.15) is 12.0 Å². The lowest BCUT2D eigenvalue weighted by molar-refractivity contribution is -0.121. The quantitative estimate of drug-likeness (QED) is 0.867. The Bertz CT molecular complexity index is 670. The first-order valence-electron chi connectivity index (χ1n) is 6.68. The summed E-state index contributed by atoms with van der Waals surface area (Å²) in [6, 6.07) is 8.05. The van der Waals surface area contributed by atoms with Crippen molar-refractivity contribution >= 4 is 5.91 Å². The Labute approximate surface area is 121 Å². The van der Waals surface area contributed by atoms with Gasteiger partial charge in [-0.2, -0.15) is 0 Å². The van der Waals surface area contributed by atoms with Crippen LogP contribution in [0.3, 0.4) is 0 Å². The Kier molecular flexibility index (Phi) is 5.20. The molecule has 1 aromatic carbocycles. The van der Waals surface area contributed by atoms with Crippen LogP contribution in [-0.4, -0.2) is 22.0 Å². The number of hydrogen-bond acceptors (Lipinski definition) is 3. The molecule has 0 saturated heterocycles. The van der Waals surface area contributed by atoms with Crippen molar-refractivity contribution in [3.05, 3.63) is 64.6 Å². The van der Waals surface area contributed by atoms with Gasteiger partial charge in [0.05, 0.1) is 0 Å². The van der Waals surface area contributed by atoms with E-state index in [0.29, 0.717) is 25.1 Å². The van der Waals surface area contributed by atoms with E-state index in [1.54, 1.807) is 30.5 Å². The highest BCUT2D eigenvalue weighted by Gasteiger charge is 2.05. The number of aromatic nitrogens is 2. The highest BCUT2D eigenvalue weighted by molar-refractivity contribution is 5.76. The van der Waals surface area contributed by atoms with E-state index in [9.17, 15) is 14.0 Å². The number of amides is 1. The molecule has 0 aliphatic heterocycles. The molecule has 5 nitrogen and oxygen atoms in total. The van der Waals surface area contributed by atoms with E-state index in [4.69, 9.17) is 0 Å². The lowest BCUT2D eigenvalue weighted by atomic mass is 10.1. The van der Waals surface area contributed by atoms with Crippen LogP contribution in [0, 0.1) is 5.82 Å². The summed E-state index contributed by atoms with van der Waals surface area (Å²) in [7, 11) is 0. The van der Waals surface area contributed by atoms with E-state index in [0.717, 1.165) is 0 Å². The molecule has 110 valence electrons. The van der Waals surface area contributed by atoms with Gasteiger partial charge < -0.3 is 5.32 Å². The standard InChI is InChI=1S/C15H16FN3O2/c16-13-5-2-1-4-12(13)6-7-14(20)17-9-11-19-10-3-8-18-15(19)21/h1-5,8,10H,6-7,9,11H2,(H,17,20). The van der Waals surface area contributed by atoms with Crippen LogP contribution >= 0.6 is 0 Å². The van der Waals surface area contributed by atoms with E-state index >= 15 is 0 Å². The highest BCUT2D eigenvalue weighted by atomic mass is 19.1. The average Bonchev–Trinajstić information content (AvgIpc) is 2.48. The van der Waals surface area contributed by atoms with Crippen molar-refractivity contribution in [3.63, 3.8) is 0 Å². The van der Waals surface area contributed by atoms with Crippen molar-refractivity contribution in [1.82, 2.24) is 14.9 Å². The van der Waals surface area contributed by atoms with Gasteiger partial charge in [-0.15, -0.1) is 0 Å². The molecule has 2 rings (SSSR count). The Morgan fingerprint density at radius 1 is 1.29 bits per heavy atom. The fourth-order valence-electron chi connectivity index (χ4n) is 1.91. The minimum Gasteiger partial charge on any atom is -0.354 e. The van der Waals surface area contributed by atoms with Crippen LogP contribution in [0.25, 0.3) is 0 Å².